The van der Waals surface area contributed by atoms with Crippen LogP contribution in [0.5, 0.6) is 0 Å². The van der Waals surface area contributed by atoms with E-state index in [9.17, 15) is 8.42 Å². The monoisotopic (exact) mass is 245 g/mol. The molecule has 0 aliphatic heterocycles. The third-order valence-electron chi connectivity index (χ3n) is 2.44. The van der Waals surface area contributed by atoms with Gasteiger partial charge in [0.2, 0.25) is 0 Å². The highest BCUT2D eigenvalue weighted by atomic mass is 32.2. The highest BCUT2D eigenvalue weighted by molar-refractivity contribution is 7.91. The van der Waals surface area contributed by atoms with E-state index in [0.717, 1.165) is 5.57 Å². The molecule has 0 heterocycles. The fraction of sp³-hybridized carbons (Fsp3) is 0.0714. The average molecular weight is 245 g/mol. The van der Waals surface area contributed by atoms with E-state index < -0.39 is 9.84 Å². The fourth-order valence-corrected chi connectivity index (χ4v) is 2.70. The van der Waals surface area contributed by atoms with Crippen molar-refractivity contribution in [3.63, 3.8) is 0 Å². The Hall–Kier alpha value is -1.74. The summed E-state index contributed by atoms with van der Waals surface area (Å²) in [5.74, 6) is 0.0288. The minimum atomic E-state index is -3.21. The summed E-state index contributed by atoms with van der Waals surface area (Å²) in [5, 5.41) is 0. The van der Waals surface area contributed by atoms with Gasteiger partial charge in [0, 0.05) is 36.8 Å². The van der Waals surface area contributed by atoms with Crippen LogP contribution in [0.25, 0.3) is 0 Å². The van der Waals surface area contributed by atoms with E-state index in [1.165, 1.54) is 0 Å². The maximum atomic E-state index is 12.0. The van der Waals surface area contributed by atoms with Gasteiger partial charge in [-0.3, -0.25) is 0 Å². The van der Waals surface area contributed by atoms with Gasteiger partial charge in [0.1, 0.15) is 5.75 Å². The quantitative estimate of drug-likeness (QED) is 0.767. The molecule has 1 aromatic rings. The number of hydrogen-bond donors (Lipinski definition) is 0. The summed E-state index contributed by atoms with van der Waals surface area (Å²) in [6, 6.07) is 8.51. The topological polar surface area (TPSA) is 34.1 Å². The van der Waals surface area contributed by atoms with E-state index in [2.05, 4.69) is 0 Å². The summed E-state index contributed by atoms with van der Waals surface area (Å²) in [6.07, 6.45) is 11.2. The predicted octanol–water partition coefficient (Wildman–Crippen LogP) is 2.72. The molecule has 0 radical (unpaired) electrons. The van der Waals surface area contributed by atoms with Gasteiger partial charge in [0.25, 0.3) is 0 Å². The number of sulfone groups is 1. The third kappa shape index (κ3) is 3.11. The normalized spacial score (nSPS) is 17.1. The zero-order valence-corrected chi connectivity index (χ0v) is 10.1. The van der Waals surface area contributed by atoms with Gasteiger partial charge in [0.15, 0.2) is 9.84 Å². The largest absolute Gasteiger partial charge is 0.222 e. The molecule has 3 heteroatoms. The molecule has 0 fully saturated rings. The zero-order valence-electron chi connectivity index (χ0n) is 9.28. The van der Waals surface area contributed by atoms with E-state index in [1.807, 2.05) is 30.7 Å². The summed E-state index contributed by atoms with van der Waals surface area (Å²) in [6.45, 7) is 0. The van der Waals surface area contributed by atoms with Crippen molar-refractivity contribution in [2.75, 3.05) is 5.75 Å². The summed E-state index contributed by atoms with van der Waals surface area (Å²) in [7, 11) is -3.21. The van der Waals surface area contributed by atoms with Crippen LogP contribution in [0, 0.1) is 6.42 Å². The lowest BCUT2D eigenvalue weighted by molar-refractivity contribution is 0.599. The molecule has 17 heavy (non-hydrogen) atoms. The van der Waals surface area contributed by atoms with Crippen molar-refractivity contribution < 1.29 is 8.42 Å². The first-order valence-electron chi connectivity index (χ1n) is 5.34. The number of benzene rings is 1. The molecule has 1 aliphatic carbocycles. The van der Waals surface area contributed by atoms with E-state index in [1.54, 1.807) is 36.4 Å². The Balaban J connectivity index is 2.14. The molecule has 2 nitrogen and oxygen atoms in total. The van der Waals surface area contributed by atoms with Gasteiger partial charge in [-0.15, -0.1) is 0 Å². The first kappa shape index (κ1) is 11.7. The molecule has 0 bridgehead atoms. The molecule has 0 aromatic heterocycles. The smallest absolute Gasteiger partial charge is 0.190 e. The van der Waals surface area contributed by atoms with E-state index in [-0.39, 0.29) is 5.75 Å². The van der Waals surface area contributed by atoms with Gasteiger partial charge in [-0.2, -0.15) is 0 Å². The molecule has 0 atom stereocenters. The molecular weight excluding hydrogens is 232 g/mol. The lowest BCUT2D eigenvalue weighted by Gasteiger charge is -2.00. The van der Waals surface area contributed by atoms with Crippen LogP contribution in [-0.2, 0) is 9.84 Å². The van der Waals surface area contributed by atoms with Crippen LogP contribution in [0.4, 0.5) is 0 Å². The Morgan fingerprint density at radius 1 is 1.12 bits per heavy atom. The van der Waals surface area contributed by atoms with Gasteiger partial charge in [-0.1, -0.05) is 18.2 Å². The molecule has 0 saturated heterocycles. The standard InChI is InChI=1S/C14H13O2S/c15-17(16,14-9-5-2-6-10-14)12-11-13-7-3-1-4-8-13/h1-11H,12H2/q+1. The van der Waals surface area contributed by atoms with Crippen molar-refractivity contribution in [1.82, 2.24) is 0 Å². The van der Waals surface area contributed by atoms with Crippen molar-refractivity contribution in [1.29, 1.82) is 0 Å². The third-order valence-corrected chi connectivity index (χ3v) is 4.04. The predicted molar refractivity (Wildman–Crippen MR) is 69.2 cm³/mol. The summed E-state index contributed by atoms with van der Waals surface area (Å²) in [5.41, 5.74) is 0.923. The number of rotatable bonds is 3. The maximum Gasteiger partial charge on any atom is 0.190 e. The minimum Gasteiger partial charge on any atom is -0.222 e. The Kier molecular flexibility index (Phi) is 3.49. The van der Waals surface area contributed by atoms with Crippen LogP contribution >= 0.6 is 0 Å². The Morgan fingerprint density at radius 2 is 1.88 bits per heavy atom. The van der Waals surface area contributed by atoms with Gasteiger partial charge >= 0.3 is 0 Å². The molecule has 2 rings (SSSR count). The average Bonchev–Trinajstić information content (AvgIpc) is 2.39. The van der Waals surface area contributed by atoms with Crippen molar-refractivity contribution in [3.05, 3.63) is 72.7 Å². The lowest BCUT2D eigenvalue weighted by atomic mass is 10.1. The lowest BCUT2D eigenvalue weighted by Crippen LogP contribution is -2.05. The molecule has 0 spiro atoms. The van der Waals surface area contributed by atoms with Crippen molar-refractivity contribution in [3.8, 4) is 0 Å². The molecule has 0 amide bonds. The van der Waals surface area contributed by atoms with E-state index in [4.69, 9.17) is 0 Å². The zero-order chi connectivity index (χ0) is 12.1. The maximum absolute atomic E-state index is 12.0. The molecule has 0 saturated carbocycles. The molecule has 1 aliphatic rings. The van der Waals surface area contributed by atoms with Crippen LogP contribution in [0.15, 0.2) is 71.2 Å². The Morgan fingerprint density at radius 3 is 2.53 bits per heavy atom. The van der Waals surface area contributed by atoms with Gasteiger partial charge < -0.3 is 0 Å². The Labute approximate surface area is 102 Å². The number of allylic oxidation sites excluding steroid dienone is 5. The van der Waals surface area contributed by atoms with Crippen LogP contribution in [0.1, 0.15) is 0 Å². The van der Waals surface area contributed by atoms with Crippen molar-refractivity contribution in [2.24, 2.45) is 0 Å². The summed E-state index contributed by atoms with van der Waals surface area (Å²) < 4.78 is 23.9. The van der Waals surface area contributed by atoms with E-state index in [0.29, 0.717) is 4.90 Å². The highest BCUT2D eigenvalue weighted by Gasteiger charge is 2.14. The number of hydrogen-bond acceptors (Lipinski definition) is 2. The molecule has 1 aromatic carbocycles. The molecule has 86 valence electrons. The van der Waals surface area contributed by atoms with E-state index >= 15 is 0 Å². The van der Waals surface area contributed by atoms with Crippen molar-refractivity contribution >= 4 is 9.84 Å². The van der Waals surface area contributed by atoms with Crippen molar-refractivity contribution in [2.45, 2.75) is 4.90 Å². The second-order valence-corrected chi connectivity index (χ2v) is 5.74. The minimum absolute atomic E-state index is 0.0288. The summed E-state index contributed by atoms with van der Waals surface area (Å²) >= 11 is 0. The SMILES string of the molecule is O=S(=O)(C/C=C1\C=CC=C[CH+]1)c1ccccc1. The second kappa shape index (κ2) is 5.06. The van der Waals surface area contributed by atoms with Crippen LogP contribution in [0.3, 0.4) is 0 Å². The van der Waals surface area contributed by atoms with Gasteiger partial charge in [0.05, 0.1) is 10.5 Å². The fourth-order valence-electron chi connectivity index (χ4n) is 1.52. The van der Waals surface area contributed by atoms with Gasteiger partial charge in [-0.25, -0.2) is 8.42 Å². The molecule has 0 unspecified atom stereocenters. The second-order valence-electron chi connectivity index (χ2n) is 3.71. The van der Waals surface area contributed by atoms with Crippen LogP contribution in [-0.4, -0.2) is 14.2 Å². The molecular formula is C14H13O2S+. The first-order chi connectivity index (χ1) is 8.18. The Bertz CT molecular complexity index is 563. The van der Waals surface area contributed by atoms with Crippen LogP contribution < -0.4 is 0 Å². The molecule has 0 N–H and O–H groups in total. The first-order valence-corrected chi connectivity index (χ1v) is 7.00. The van der Waals surface area contributed by atoms with Gasteiger partial charge in [-0.05, 0) is 12.1 Å². The summed E-state index contributed by atoms with van der Waals surface area (Å²) in [4.78, 5) is 0.368. The van der Waals surface area contributed by atoms with Crippen LogP contribution in [0.2, 0.25) is 0 Å². The highest BCUT2D eigenvalue weighted by Crippen LogP contribution is 2.13.